The highest BCUT2D eigenvalue weighted by Gasteiger charge is 2.35. The van der Waals surface area contributed by atoms with Crippen molar-refractivity contribution in [1.82, 2.24) is 5.32 Å². The van der Waals surface area contributed by atoms with Gasteiger partial charge in [0.2, 0.25) is 0 Å². The van der Waals surface area contributed by atoms with E-state index in [2.05, 4.69) is 31.4 Å². The van der Waals surface area contributed by atoms with Crippen molar-refractivity contribution in [3.8, 4) is 0 Å². The van der Waals surface area contributed by atoms with E-state index in [0.29, 0.717) is 23.1 Å². The first kappa shape index (κ1) is 22.5. The molecule has 0 saturated heterocycles. The summed E-state index contributed by atoms with van der Waals surface area (Å²) < 4.78 is 10.4. The average molecular weight is 449 g/mol. The second-order valence-corrected chi connectivity index (χ2v) is 9.61. The standard InChI is InChI=1S/C22H28N2O4S2/c1-5-22(3,4)13-9-10-14-16(12-13)30-19(17(14)20(26)27-6-2)24-21(29)23-18(25)15-8-7-11-28-15/h7-8,11,13H,5-6,9-10,12H2,1-4H3,(H2,23,24,25,29)/t13-/m0/s1. The van der Waals surface area contributed by atoms with Crippen LogP contribution in [0.15, 0.2) is 22.8 Å². The van der Waals surface area contributed by atoms with Crippen LogP contribution in [0.5, 0.6) is 0 Å². The number of fused-ring (bicyclic) bond motifs is 1. The van der Waals surface area contributed by atoms with E-state index < -0.39 is 5.91 Å². The molecule has 2 heterocycles. The van der Waals surface area contributed by atoms with Gasteiger partial charge in [-0.05, 0) is 67.4 Å². The normalized spacial score (nSPS) is 15.9. The maximum Gasteiger partial charge on any atom is 0.341 e. The number of carbonyl (C=O) groups excluding carboxylic acids is 2. The number of ether oxygens (including phenoxy) is 1. The molecule has 1 atom stereocenters. The van der Waals surface area contributed by atoms with Gasteiger partial charge in [-0.1, -0.05) is 27.2 Å². The van der Waals surface area contributed by atoms with Gasteiger partial charge < -0.3 is 14.5 Å². The zero-order valence-electron chi connectivity index (χ0n) is 17.8. The number of amides is 1. The molecule has 0 unspecified atom stereocenters. The van der Waals surface area contributed by atoms with Crippen LogP contribution in [0.1, 0.15) is 71.9 Å². The second kappa shape index (κ2) is 9.31. The number of thiophene rings is 1. The third kappa shape index (κ3) is 4.75. The third-order valence-corrected chi connectivity index (χ3v) is 7.33. The van der Waals surface area contributed by atoms with Crippen LogP contribution >= 0.6 is 23.6 Å². The van der Waals surface area contributed by atoms with Gasteiger partial charge in [0.15, 0.2) is 10.9 Å². The molecule has 0 bridgehead atoms. The van der Waals surface area contributed by atoms with E-state index in [4.69, 9.17) is 21.4 Å². The van der Waals surface area contributed by atoms with Crippen LogP contribution in [-0.4, -0.2) is 23.6 Å². The largest absolute Gasteiger partial charge is 0.462 e. The van der Waals surface area contributed by atoms with Crippen LogP contribution in [0.25, 0.3) is 0 Å². The molecule has 3 rings (SSSR count). The summed E-state index contributed by atoms with van der Waals surface area (Å²) in [6.45, 7) is 8.93. The van der Waals surface area contributed by atoms with E-state index in [9.17, 15) is 9.59 Å². The van der Waals surface area contributed by atoms with E-state index in [1.807, 2.05) is 0 Å². The molecule has 0 spiro atoms. The van der Waals surface area contributed by atoms with Gasteiger partial charge in [-0.2, -0.15) is 0 Å². The summed E-state index contributed by atoms with van der Waals surface area (Å²) in [5, 5.41) is 6.38. The van der Waals surface area contributed by atoms with Gasteiger partial charge in [-0.15, -0.1) is 11.3 Å². The summed E-state index contributed by atoms with van der Waals surface area (Å²) >= 11 is 6.83. The predicted molar refractivity (Wildman–Crippen MR) is 122 cm³/mol. The number of esters is 1. The Labute approximate surface area is 186 Å². The first-order chi connectivity index (χ1) is 14.3. The fourth-order valence-electron chi connectivity index (χ4n) is 3.76. The number of hydrogen-bond donors (Lipinski definition) is 2. The van der Waals surface area contributed by atoms with Crippen LogP contribution in [0.4, 0.5) is 5.00 Å². The third-order valence-electron chi connectivity index (χ3n) is 5.96. The molecule has 1 amide bonds. The molecule has 2 N–H and O–H groups in total. The highest BCUT2D eigenvalue weighted by atomic mass is 32.1. The lowest BCUT2D eigenvalue weighted by Crippen LogP contribution is -2.34. The summed E-state index contributed by atoms with van der Waals surface area (Å²) in [4.78, 5) is 26.1. The minimum absolute atomic E-state index is 0.117. The Balaban J connectivity index is 1.84. The summed E-state index contributed by atoms with van der Waals surface area (Å²) in [6.07, 6.45) is 5.33. The first-order valence-corrected chi connectivity index (χ1v) is 11.5. The molecule has 1 aliphatic rings. The molecule has 0 radical (unpaired) electrons. The van der Waals surface area contributed by atoms with Crippen molar-refractivity contribution in [2.75, 3.05) is 11.9 Å². The van der Waals surface area contributed by atoms with Crippen molar-refractivity contribution in [1.29, 1.82) is 0 Å². The fourth-order valence-corrected chi connectivity index (χ4v) is 5.34. The monoisotopic (exact) mass is 448 g/mol. The Morgan fingerprint density at radius 3 is 2.77 bits per heavy atom. The molecule has 6 nitrogen and oxygen atoms in total. The molecule has 30 heavy (non-hydrogen) atoms. The summed E-state index contributed by atoms with van der Waals surface area (Å²) in [5.41, 5.74) is 1.83. The quantitative estimate of drug-likeness (QED) is 0.468. The SMILES string of the molecule is CCOC(=O)c1c(NC(=S)NC(=O)c2ccco2)sc2c1CC[C@H](C(C)(C)CC)C2. The molecule has 8 heteroatoms. The minimum atomic E-state index is -0.443. The van der Waals surface area contributed by atoms with Crippen LogP contribution in [0.2, 0.25) is 0 Å². The zero-order valence-corrected chi connectivity index (χ0v) is 19.4. The van der Waals surface area contributed by atoms with Gasteiger partial charge in [0.05, 0.1) is 18.4 Å². The van der Waals surface area contributed by atoms with E-state index in [-0.39, 0.29) is 22.3 Å². The van der Waals surface area contributed by atoms with Crippen molar-refractivity contribution < 1.29 is 18.7 Å². The van der Waals surface area contributed by atoms with Crippen LogP contribution in [-0.2, 0) is 17.6 Å². The van der Waals surface area contributed by atoms with Crippen molar-refractivity contribution in [3.63, 3.8) is 0 Å². The molecule has 162 valence electrons. The Kier molecular flexibility index (Phi) is 6.98. The predicted octanol–water partition coefficient (Wildman–Crippen LogP) is 5.19. The molecular weight excluding hydrogens is 420 g/mol. The van der Waals surface area contributed by atoms with Crippen molar-refractivity contribution in [2.24, 2.45) is 11.3 Å². The molecule has 1 aliphatic carbocycles. The van der Waals surface area contributed by atoms with Gasteiger partial charge in [-0.25, -0.2) is 4.79 Å². The van der Waals surface area contributed by atoms with E-state index in [0.717, 1.165) is 31.2 Å². The lowest BCUT2D eigenvalue weighted by atomic mass is 9.69. The zero-order chi connectivity index (χ0) is 21.9. The minimum Gasteiger partial charge on any atom is -0.462 e. The molecule has 0 aliphatic heterocycles. The van der Waals surface area contributed by atoms with E-state index >= 15 is 0 Å². The molecule has 0 fully saturated rings. The highest BCUT2D eigenvalue weighted by molar-refractivity contribution is 7.80. The van der Waals surface area contributed by atoms with Crippen LogP contribution in [0.3, 0.4) is 0 Å². The summed E-state index contributed by atoms with van der Waals surface area (Å²) in [7, 11) is 0. The Bertz CT molecular complexity index is 931. The molecule has 2 aromatic rings. The summed E-state index contributed by atoms with van der Waals surface area (Å²) in [6, 6.07) is 3.19. The smallest absolute Gasteiger partial charge is 0.341 e. The van der Waals surface area contributed by atoms with E-state index in [1.54, 1.807) is 19.1 Å². The Morgan fingerprint density at radius 1 is 1.37 bits per heavy atom. The fraction of sp³-hybridized carbons (Fsp3) is 0.500. The maximum absolute atomic E-state index is 12.7. The maximum atomic E-state index is 12.7. The number of carbonyl (C=O) groups is 2. The number of thiocarbonyl (C=S) groups is 1. The van der Waals surface area contributed by atoms with Crippen molar-refractivity contribution in [2.45, 2.75) is 53.4 Å². The topological polar surface area (TPSA) is 80.6 Å². The lowest BCUT2D eigenvalue weighted by molar-refractivity contribution is 0.0526. The molecule has 0 aromatic carbocycles. The van der Waals surface area contributed by atoms with Gasteiger partial charge in [-0.3, -0.25) is 10.1 Å². The number of rotatable bonds is 6. The molecule has 2 aromatic heterocycles. The number of anilines is 1. The number of nitrogens with one attached hydrogen (secondary N) is 2. The van der Waals surface area contributed by atoms with Crippen LogP contribution < -0.4 is 10.6 Å². The van der Waals surface area contributed by atoms with Crippen molar-refractivity contribution >= 4 is 45.5 Å². The Hall–Kier alpha value is -2.19. The first-order valence-electron chi connectivity index (χ1n) is 10.2. The average Bonchev–Trinajstić information content (AvgIpc) is 3.35. The van der Waals surface area contributed by atoms with Gasteiger partial charge in [0, 0.05) is 4.88 Å². The van der Waals surface area contributed by atoms with Crippen molar-refractivity contribution in [3.05, 3.63) is 40.2 Å². The number of hydrogen-bond acceptors (Lipinski definition) is 6. The molecule has 0 saturated carbocycles. The van der Waals surface area contributed by atoms with Gasteiger partial charge in [0.25, 0.3) is 5.91 Å². The highest BCUT2D eigenvalue weighted by Crippen LogP contribution is 2.45. The number of furan rings is 1. The van der Waals surface area contributed by atoms with E-state index in [1.165, 1.54) is 22.5 Å². The second-order valence-electron chi connectivity index (χ2n) is 8.10. The summed E-state index contributed by atoms with van der Waals surface area (Å²) in [5.74, 6) is -0.0749. The Morgan fingerprint density at radius 2 is 2.13 bits per heavy atom. The lowest BCUT2D eigenvalue weighted by Gasteiger charge is -2.36. The van der Waals surface area contributed by atoms with Gasteiger partial charge >= 0.3 is 5.97 Å². The van der Waals surface area contributed by atoms with Gasteiger partial charge in [0.1, 0.15) is 5.00 Å². The molecular formula is C22H28N2O4S2. The van der Waals surface area contributed by atoms with Crippen LogP contribution in [0, 0.1) is 11.3 Å².